The predicted octanol–water partition coefficient (Wildman–Crippen LogP) is 3.76. The van der Waals surface area contributed by atoms with Crippen molar-refractivity contribution in [1.82, 2.24) is 14.7 Å². The van der Waals surface area contributed by atoms with Crippen molar-refractivity contribution < 1.29 is 14.3 Å². The summed E-state index contributed by atoms with van der Waals surface area (Å²) in [6.07, 6.45) is 3.12. The molecule has 0 spiro atoms. The molecule has 0 aliphatic carbocycles. The van der Waals surface area contributed by atoms with Crippen LogP contribution in [-0.4, -0.2) is 46.6 Å². The van der Waals surface area contributed by atoms with Crippen molar-refractivity contribution in [3.05, 3.63) is 72.8 Å². The topological polar surface area (TPSA) is 102 Å². The van der Waals surface area contributed by atoms with E-state index in [2.05, 4.69) is 11.9 Å². The average molecular weight is 460 g/mol. The number of ether oxygens (including phenoxy) is 1. The highest BCUT2D eigenvalue weighted by atomic mass is 16.5. The first kappa shape index (κ1) is 23.1. The molecular weight excluding hydrogens is 430 g/mol. The number of primary amides is 1. The SMILES string of the molecule is C=CC(=O)N1CCCC(n2nc(-c3ccc(Oc4ccccc4)cc3)c(CC(N)=O)c2NC)C1. The van der Waals surface area contributed by atoms with Gasteiger partial charge in [-0.1, -0.05) is 24.8 Å². The van der Waals surface area contributed by atoms with Crippen molar-refractivity contribution >= 4 is 17.6 Å². The number of benzene rings is 2. The summed E-state index contributed by atoms with van der Waals surface area (Å²) >= 11 is 0. The Morgan fingerprint density at radius 1 is 1.18 bits per heavy atom. The molecule has 1 fully saturated rings. The van der Waals surface area contributed by atoms with Gasteiger partial charge in [0.1, 0.15) is 17.3 Å². The molecule has 176 valence electrons. The maximum atomic E-state index is 12.2. The van der Waals surface area contributed by atoms with E-state index in [1.54, 1.807) is 11.9 Å². The number of nitrogens with one attached hydrogen (secondary N) is 1. The Morgan fingerprint density at radius 2 is 1.88 bits per heavy atom. The van der Waals surface area contributed by atoms with E-state index in [1.807, 2.05) is 59.3 Å². The van der Waals surface area contributed by atoms with Crippen LogP contribution in [0, 0.1) is 0 Å². The van der Waals surface area contributed by atoms with E-state index in [1.165, 1.54) is 6.08 Å². The molecule has 1 aromatic heterocycles. The van der Waals surface area contributed by atoms with Crippen molar-refractivity contribution in [2.75, 3.05) is 25.5 Å². The number of carbonyl (C=O) groups is 2. The standard InChI is InChI=1S/C26H29N5O3/c1-3-24(33)30-15-7-8-19(17-30)31-26(28-2)22(16-23(27)32)25(29-31)18-11-13-21(14-12-18)34-20-9-5-4-6-10-20/h3-6,9-14,19,28H,1,7-8,15-17H2,2H3,(H2,27,32). The molecule has 2 amide bonds. The van der Waals surface area contributed by atoms with Crippen LogP contribution in [0.1, 0.15) is 24.4 Å². The molecule has 8 nitrogen and oxygen atoms in total. The first-order valence-corrected chi connectivity index (χ1v) is 11.3. The summed E-state index contributed by atoms with van der Waals surface area (Å²) in [5.74, 6) is 1.66. The fourth-order valence-electron chi connectivity index (χ4n) is 4.36. The molecule has 34 heavy (non-hydrogen) atoms. The molecule has 3 aromatic rings. The number of amides is 2. The number of para-hydroxylation sites is 1. The Morgan fingerprint density at radius 3 is 2.53 bits per heavy atom. The van der Waals surface area contributed by atoms with Crippen LogP contribution < -0.4 is 15.8 Å². The van der Waals surface area contributed by atoms with E-state index < -0.39 is 5.91 Å². The molecule has 2 aromatic carbocycles. The van der Waals surface area contributed by atoms with Crippen molar-refractivity contribution in [3.63, 3.8) is 0 Å². The minimum atomic E-state index is -0.437. The lowest BCUT2D eigenvalue weighted by atomic mass is 10.0. The Hall–Kier alpha value is -4.07. The number of likely N-dealkylation sites (tertiary alicyclic amines) is 1. The summed E-state index contributed by atoms with van der Waals surface area (Å²) in [4.78, 5) is 25.9. The minimum Gasteiger partial charge on any atom is -0.457 e. The van der Waals surface area contributed by atoms with Crippen molar-refractivity contribution in [1.29, 1.82) is 0 Å². The van der Waals surface area contributed by atoms with Gasteiger partial charge in [-0.05, 0) is 55.3 Å². The lowest BCUT2D eigenvalue weighted by Crippen LogP contribution is -2.40. The van der Waals surface area contributed by atoms with Crippen LogP contribution in [0.25, 0.3) is 11.3 Å². The highest BCUT2D eigenvalue weighted by molar-refractivity contribution is 5.87. The Balaban J connectivity index is 1.68. The van der Waals surface area contributed by atoms with Crippen LogP contribution in [0.4, 0.5) is 5.82 Å². The summed E-state index contributed by atoms with van der Waals surface area (Å²) in [5.41, 5.74) is 7.85. The quantitative estimate of drug-likeness (QED) is 0.500. The highest BCUT2D eigenvalue weighted by Crippen LogP contribution is 2.35. The smallest absolute Gasteiger partial charge is 0.246 e. The van der Waals surface area contributed by atoms with Crippen LogP contribution in [-0.2, 0) is 16.0 Å². The lowest BCUT2D eigenvalue weighted by Gasteiger charge is -2.33. The molecule has 0 bridgehead atoms. The second kappa shape index (κ2) is 10.2. The summed E-state index contributed by atoms with van der Waals surface area (Å²) in [7, 11) is 1.80. The first-order chi connectivity index (χ1) is 16.5. The first-order valence-electron chi connectivity index (χ1n) is 11.3. The summed E-state index contributed by atoms with van der Waals surface area (Å²) < 4.78 is 7.79. The van der Waals surface area contributed by atoms with Crippen LogP contribution in [0.15, 0.2) is 67.3 Å². The fourth-order valence-corrected chi connectivity index (χ4v) is 4.36. The normalized spacial score (nSPS) is 15.6. The maximum Gasteiger partial charge on any atom is 0.246 e. The van der Waals surface area contributed by atoms with E-state index in [9.17, 15) is 9.59 Å². The molecule has 1 aliphatic rings. The van der Waals surface area contributed by atoms with Gasteiger partial charge >= 0.3 is 0 Å². The van der Waals surface area contributed by atoms with Crippen molar-refractivity contribution in [2.45, 2.75) is 25.3 Å². The van der Waals surface area contributed by atoms with Gasteiger partial charge in [0.15, 0.2) is 0 Å². The third-order valence-corrected chi connectivity index (χ3v) is 5.93. The number of hydrogen-bond donors (Lipinski definition) is 2. The molecule has 8 heteroatoms. The Kier molecular flexibility index (Phi) is 6.96. The van der Waals surface area contributed by atoms with Crippen molar-refractivity contribution in [3.8, 4) is 22.8 Å². The largest absolute Gasteiger partial charge is 0.457 e. The third-order valence-electron chi connectivity index (χ3n) is 5.93. The average Bonchev–Trinajstić information content (AvgIpc) is 3.22. The predicted molar refractivity (Wildman–Crippen MR) is 132 cm³/mol. The molecule has 1 atom stereocenters. The van der Waals surface area contributed by atoms with Gasteiger partial charge in [0.05, 0.1) is 18.2 Å². The van der Waals surface area contributed by atoms with Gasteiger partial charge in [-0.15, -0.1) is 0 Å². The summed E-state index contributed by atoms with van der Waals surface area (Å²) in [6, 6.07) is 17.1. The van der Waals surface area contributed by atoms with Gasteiger partial charge in [0, 0.05) is 31.3 Å². The molecule has 0 saturated carbocycles. The molecule has 4 rings (SSSR count). The fraction of sp³-hybridized carbons (Fsp3) is 0.269. The number of nitrogens with two attached hydrogens (primary N) is 1. The zero-order valence-corrected chi connectivity index (χ0v) is 19.2. The number of rotatable bonds is 8. The van der Waals surface area contributed by atoms with Gasteiger partial charge in [-0.25, -0.2) is 4.68 Å². The number of piperidine rings is 1. The highest BCUT2D eigenvalue weighted by Gasteiger charge is 2.29. The maximum absolute atomic E-state index is 12.2. The number of anilines is 1. The van der Waals surface area contributed by atoms with Gasteiger partial charge in [-0.3, -0.25) is 9.59 Å². The molecule has 1 aliphatic heterocycles. The number of aromatic nitrogens is 2. The third kappa shape index (κ3) is 4.96. The monoisotopic (exact) mass is 459 g/mol. The van der Waals surface area contributed by atoms with E-state index in [-0.39, 0.29) is 18.4 Å². The van der Waals surface area contributed by atoms with E-state index in [0.29, 0.717) is 24.5 Å². The van der Waals surface area contributed by atoms with E-state index in [0.717, 1.165) is 35.5 Å². The number of nitrogens with zero attached hydrogens (tertiary/aromatic N) is 3. The second-order valence-electron chi connectivity index (χ2n) is 8.24. The zero-order valence-electron chi connectivity index (χ0n) is 19.2. The Labute approximate surface area is 199 Å². The van der Waals surface area contributed by atoms with Gasteiger partial charge in [-0.2, -0.15) is 5.10 Å². The Bertz CT molecular complexity index is 1170. The molecule has 0 radical (unpaired) electrons. The van der Waals surface area contributed by atoms with Crippen LogP contribution in [0.5, 0.6) is 11.5 Å². The minimum absolute atomic E-state index is 0.0267. The van der Waals surface area contributed by atoms with Crippen molar-refractivity contribution in [2.24, 2.45) is 5.73 Å². The van der Waals surface area contributed by atoms with Crippen LogP contribution in [0.3, 0.4) is 0 Å². The molecule has 1 saturated heterocycles. The van der Waals surface area contributed by atoms with Gasteiger partial charge in [0.2, 0.25) is 11.8 Å². The molecule has 1 unspecified atom stereocenters. The molecule has 3 N–H and O–H groups in total. The van der Waals surface area contributed by atoms with Gasteiger partial charge < -0.3 is 20.7 Å². The van der Waals surface area contributed by atoms with E-state index >= 15 is 0 Å². The van der Waals surface area contributed by atoms with Gasteiger partial charge in [0.25, 0.3) is 0 Å². The molecule has 2 heterocycles. The van der Waals surface area contributed by atoms with E-state index in [4.69, 9.17) is 15.6 Å². The summed E-state index contributed by atoms with van der Waals surface area (Å²) in [6.45, 7) is 4.83. The van der Waals surface area contributed by atoms with Crippen LogP contribution >= 0.6 is 0 Å². The summed E-state index contributed by atoms with van der Waals surface area (Å²) in [5, 5.41) is 8.11. The second-order valence-corrected chi connectivity index (χ2v) is 8.24. The number of carbonyl (C=O) groups excluding carboxylic acids is 2. The lowest BCUT2D eigenvalue weighted by molar-refractivity contribution is -0.127. The zero-order chi connectivity index (χ0) is 24.1. The van der Waals surface area contributed by atoms with Crippen LogP contribution in [0.2, 0.25) is 0 Å². The number of hydrogen-bond acceptors (Lipinski definition) is 5. The molecular formula is C26H29N5O3.